The molecule has 19 heavy (non-hydrogen) atoms. The number of hydrogen-bond acceptors (Lipinski definition) is 3. The predicted octanol–water partition coefficient (Wildman–Crippen LogP) is 2.88. The van der Waals surface area contributed by atoms with Crippen molar-refractivity contribution in [3.05, 3.63) is 59.5 Å². The molecule has 0 unspecified atom stereocenters. The largest absolute Gasteiger partial charge is 0.355 e. The average Bonchev–Trinajstić information content (AvgIpc) is 2.39. The van der Waals surface area contributed by atoms with Gasteiger partial charge in [-0.3, -0.25) is 0 Å². The van der Waals surface area contributed by atoms with Crippen LogP contribution in [-0.4, -0.2) is 12.0 Å². The monoisotopic (exact) mass is 259 g/mol. The van der Waals surface area contributed by atoms with E-state index < -0.39 is 0 Å². The Morgan fingerprint density at radius 3 is 2.68 bits per heavy atom. The number of rotatable bonds is 4. The van der Waals surface area contributed by atoms with E-state index in [1.807, 2.05) is 37.1 Å². The molecule has 1 aromatic heterocycles. The summed E-state index contributed by atoms with van der Waals surface area (Å²) in [4.78, 5) is 6.34. The van der Waals surface area contributed by atoms with Crippen molar-refractivity contribution in [2.24, 2.45) is 5.73 Å². The summed E-state index contributed by atoms with van der Waals surface area (Å²) < 4.78 is 13.1. The third-order valence-electron chi connectivity index (χ3n) is 3.00. The number of anilines is 1. The van der Waals surface area contributed by atoms with E-state index in [0.29, 0.717) is 6.54 Å². The van der Waals surface area contributed by atoms with Crippen molar-refractivity contribution in [3.8, 4) is 0 Å². The van der Waals surface area contributed by atoms with Crippen LogP contribution >= 0.6 is 0 Å². The fourth-order valence-corrected chi connectivity index (χ4v) is 1.88. The van der Waals surface area contributed by atoms with Gasteiger partial charge in [0.15, 0.2) is 0 Å². The van der Waals surface area contributed by atoms with Crippen LogP contribution in [0.5, 0.6) is 0 Å². The standard InChI is InChI=1S/C15H18FN3/c1-11(17)13-6-7-15(18-9-13)19(2)10-12-4-3-5-14(16)8-12/h3-9,11H,10,17H2,1-2H3/t11-/m1/s1. The highest BCUT2D eigenvalue weighted by Gasteiger charge is 2.05. The van der Waals surface area contributed by atoms with Gasteiger partial charge in [-0.2, -0.15) is 0 Å². The highest BCUT2D eigenvalue weighted by molar-refractivity contribution is 5.40. The lowest BCUT2D eigenvalue weighted by Gasteiger charge is -2.19. The summed E-state index contributed by atoms with van der Waals surface area (Å²) in [7, 11) is 1.93. The van der Waals surface area contributed by atoms with Crippen LogP contribution in [0.25, 0.3) is 0 Å². The number of halogens is 1. The zero-order valence-corrected chi connectivity index (χ0v) is 11.2. The number of nitrogens with two attached hydrogens (primary N) is 1. The molecule has 100 valence electrons. The molecule has 0 amide bonds. The molecule has 3 nitrogen and oxygen atoms in total. The lowest BCUT2D eigenvalue weighted by atomic mass is 10.1. The number of hydrogen-bond donors (Lipinski definition) is 1. The first-order valence-electron chi connectivity index (χ1n) is 6.23. The minimum absolute atomic E-state index is 0.0184. The lowest BCUT2D eigenvalue weighted by Crippen LogP contribution is -2.18. The molecule has 0 fully saturated rings. The third-order valence-corrected chi connectivity index (χ3v) is 3.00. The number of pyridine rings is 1. The Morgan fingerprint density at radius 1 is 1.32 bits per heavy atom. The van der Waals surface area contributed by atoms with Crippen LogP contribution in [0.2, 0.25) is 0 Å². The fourth-order valence-electron chi connectivity index (χ4n) is 1.88. The van der Waals surface area contributed by atoms with Gasteiger partial charge in [0, 0.05) is 25.8 Å². The predicted molar refractivity (Wildman–Crippen MR) is 75.3 cm³/mol. The Hall–Kier alpha value is -1.94. The summed E-state index contributed by atoms with van der Waals surface area (Å²) in [6, 6.07) is 10.5. The van der Waals surface area contributed by atoms with E-state index in [2.05, 4.69) is 4.98 Å². The van der Waals surface area contributed by atoms with Gasteiger partial charge < -0.3 is 10.6 Å². The summed E-state index contributed by atoms with van der Waals surface area (Å²) in [6.45, 7) is 2.54. The van der Waals surface area contributed by atoms with Crippen LogP contribution in [0.15, 0.2) is 42.6 Å². The van der Waals surface area contributed by atoms with Gasteiger partial charge in [0.2, 0.25) is 0 Å². The zero-order valence-electron chi connectivity index (χ0n) is 11.2. The fraction of sp³-hybridized carbons (Fsp3) is 0.267. The molecule has 0 saturated heterocycles. The van der Waals surface area contributed by atoms with Gasteiger partial charge in [-0.05, 0) is 36.2 Å². The molecule has 0 radical (unpaired) electrons. The van der Waals surface area contributed by atoms with Crippen LogP contribution in [0.3, 0.4) is 0 Å². The second-order valence-electron chi connectivity index (χ2n) is 4.72. The molecule has 2 aromatic rings. The number of nitrogens with zero attached hydrogens (tertiary/aromatic N) is 2. The maximum Gasteiger partial charge on any atom is 0.128 e. The topological polar surface area (TPSA) is 42.1 Å². The van der Waals surface area contributed by atoms with Crippen molar-refractivity contribution in [1.82, 2.24) is 4.98 Å². The molecule has 2 rings (SSSR count). The van der Waals surface area contributed by atoms with Crippen LogP contribution in [0.4, 0.5) is 10.2 Å². The lowest BCUT2D eigenvalue weighted by molar-refractivity contribution is 0.625. The van der Waals surface area contributed by atoms with Gasteiger partial charge in [0.05, 0.1) is 0 Å². The number of benzene rings is 1. The van der Waals surface area contributed by atoms with Gasteiger partial charge in [-0.25, -0.2) is 9.37 Å². The molecule has 1 heterocycles. The maximum atomic E-state index is 13.1. The molecule has 0 saturated carbocycles. The Bertz CT molecular complexity index is 537. The van der Waals surface area contributed by atoms with E-state index in [0.717, 1.165) is 16.9 Å². The quantitative estimate of drug-likeness (QED) is 0.918. The Morgan fingerprint density at radius 2 is 2.11 bits per heavy atom. The van der Waals surface area contributed by atoms with Gasteiger partial charge in [-0.15, -0.1) is 0 Å². The van der Waals surface area contributed by atoms with E-state index in [4.69, 9.17) is 5.73 Å². The first-order valence-corrected chi connectivity index (χ1v) is 6.23. The van der Waals surface area contributed by atoms with Crippen LogP contribution in [-0.2, 0) is 6.54 Å². The Labute approximate surface area is 112 Å². The highest BCUT2D eigenvalue weighted by Crippen LogP contribution is 2.16. The first-order chi connectivity index (χ1) is 9.06. The molecule has 0 bridgehead atoms. The molecule has 0 spiro atoms. The minimum atomic E-state index is -0.217. The minimum Gasteiger partial charge on any atom is -0.355 e. The molecule has 2 N–H and O–H groups in total. The Balaban J connectivity index is 2.09. The van der Waals surface area contributed by atoms with Crippen LogP contribution in [0.1, 0.15) is 24.1 Å². The molecule has 1 aromatic carbocycles. The van der Waals surface area contributed by atoms with E-state index in [-0.39, 0.29) is 11.9 Å². The molecule has 0 aliphatic rings. The SMILES string of the molecule is C[C@@H](N)c1ccc(N(C)Cc2cccc(F)c2)nc1. The second-order valence-corrected chi connectivity index (χ2v) is 4.72. The van der Waals surface area contributed by atoms with Crippen LogP contribution in [0, 0.1) is 5.82 Å². The first kappa shape index (κ1) is 13.5. The molecule has 0 aliphatic carbocycles. The average molecular weight is 259 g/mol. The molecular formula is C15H18FN3. The summed E-state index contributed by atoms with van der Waals surface area (Å²) in [6.07, 6.45) is 1.78. The smallest absolute Gasteiger partial charge is 0.128 e. The summed E-state index contributed by atoms with van der Waals surface area (Å²) in [5.74, 6) is 0.625. The summed E-state index contributed by atoms with van der Waals surface area (Å²) in [5.41, 5.74) is 7.70. The third kappa shape index (κ3) is 3.51. The molecular weight excluding hydrogens is 241 g/mol. The van der Waals surface area contributed by atoms with Crippen molar-refractivity contribution in [3.63, 3.8) is 0 Å². The second kappa shape index (κ2) is 5.80. The van der Waals surface area contributed by atoms with Gasteiger partial charge in [-0.1, -0.05) is 18.2 Å². The van der Waals surface area contributed by atoms with Gasteiger partial charge in [0.25, 0.3) is 0 Å². The molecule has 0 aliphatic heterocycles. The van der Waals surface area contributed by atoms with Crippen molar-refractivity contribution in [2.45, 2.75) is 19.5 Å². The summed E-state index contributed by atoms with van der Waals surface area (Å²) in [5, 5.41) is 0. The Kier molecular flexibility index (Phi) is 4.12. The van der Waals surface area contributed by atoms with Crippen molar-refractivity contribution < 1.29 is 4.39 Å². The van der Waals surface area contributed by atoms with Gasteiger partial charge in [0.1, 0.15) is 11.6 Å². The summed E-state index contributed by atoms with van der Waals surface area (Å²) >= 11 is 0. The molecule has 1 atom stereocenters. The normalized spacial score (nSPS) is 12.2. The zero-order chi connectivity index (χ0) is 13.8. The molecule has 4 heteroatoms. The van der Waals surface area contributed by atoms with E-state index in [1.54, 1.807) is 12.3 Å². The van der Waals surface area contributed by atoms with E-state index >= 15 is 0 Å². The van der Waals surface area contributed by atoms with Crippen molar-refractivity contribution in [2.75, 3.05) is 11.9 Å². The van der Waals surface area contributed by atoms with Crippen LogP contribution < -0.4 is 10.6 Å². The number of aromatic nitrogens is 1. The van der Waals surface area contributed by atoms with E-state index in [9.17, 15) is 4.39 Å². The highest BCUT2D eigenvalue weighted by atomic mass is 19.1. The van der Waals surface area contributed by atoms with Crippen molar-refractivity contribution >= 4 is 5.82 Å². The van der Waals surface area contributed by atoms with Gasteiger partial charge >= 0.3 is 0 Å². The maximum absolute atomic E-state index is 13.1. The van der Waals surface area contributed by atoms with E-state index in [1.165, 1.54) is 12.1 Å². The van der Waals surface area contributed by atoms with Crippen molar-refractivity contribution in [1.29, 1.82) is 0 Å².